The van der Waals surface area contributed by atoms with Crippen molar-refractivity contribution in [2.24, 2.45) is 0 Å². The van der Waals surface area contributed by atoms with Gasteiger partial charge in [0.25, 0.3) is 11.1 Å². The van der Waals surface area contributed by atoms with Gasteiger partial charge in [-0.25, -0.2) is 0 Å². The van der Waals surface area contributed by atoms with Crippen LogP contribution in [0.3, 0.4) is 0 Å². The number of rotatable bonds is 6. The Morgan fingerprint density at radius 1 is 1.09 bits per heavy atom. The van der Waals surface area contributed by atoms with Crippen LogP contribution in [0.2, 0.25) is 5.02 Å². The Morgan fingerprint density at radius 2 is 1.85 bits per heavy atom. The van der Waals surface area contributed by atoms with Crippen molar-refractivity contribution in [1.29, 1.82) is 0 Å². The maximum absolute atomic E-state index is 12.7. The first-order chi connectivity index (χ1) is 15.8. The first-order valence-corrected chi connectivity index (χ1v) is 10.7. The summed E-state index contributed by atoms with van der Waals surface area (Å²) < 4.78 is 5.68. The van der Waals surface area contributed by atoms with E-state index in [9.17, 15) is 24.3 Å². The first-order valence-electron chi connectivity index (χ1n) is 9.53. The number of hydrogen-bond acceptors (Lipinski definition) is 7. The lowest BCUT2D eigenvalue weighted by atomic mass is 10.1. The van der Waals surface area contributed by atoms with Crippen LogP contribution in [0.15, 0.2) is 70.0 Å². The number of nitrogens with zero attached hydrogens (tertiary/aromatic N) is 1. The van der Waals surface area contributed by atoms with Crippen LogP contribution >= 0.6 is 23.4 Å². The van der Waals surface area contributed by atoms with Gasteiger partial charge in [0.15, 0.2) is 0 Å². The molecule has 0 aliphatic carbocycles. The SMILES string of the molecule is O=C(CN1C(=O)S/C(=C/c2ccc(-c3cc(C(=O)[O-])ccc3Cl)o2)C1=O)Nc1ccccc1. The number of furan rings is 1. The van der Waals surface area contributed by atoms with Gasteiger partial charge in [-0.15, -0.1) is 0 Å². The van der Waals surface area contributed by atoms with Gasteiger partial charge in [-0.2, -0.15) is 0 Å². The Kier molecular flexibility index (Phi) is 6.34. The number of anilines is 1. The molecule has 0 atom stereocenters. The number of thioether (sulfide) groups is 1. The molecule has 2 heterocycles. The van der Waals surface area contributed by atoms with Gasteiger partial charge < -0.3 is 19.6 Å². The molecule has 33 heavy (non-hydrogen) atoms. The van der Waals surface area contributed by atoms with Crippen molar-refractivity contribution in [3.8, 4) is 11.3 Å². The lowest BCUT2D eigenvalue weighted by Gasteiger charge is -2.12. The lowest BCUT2D eigenvalue weighted by Crippen LogP contribution is -2.36. The molecule has 4 rings (SSSR count). The molecule has 166 valence electrons. The highest BCUT2D eigenvalue weighted by molar-refractivity contribution is 8.18. The van der Waals surface area contributed by atoms with Gasteiger partial charge in [-0.3, -0.25) is 19.3 Å². The predicted octanol–water partition coefficient (Wildman–Crippen LogP) is 3.64. The predicted molar refractivity (Wildman–Crippen MR) is 121 cm³/mol. The third-order valence-electron chi connectivity index (χ3n) is 4.60. The van der Waals surface area contributed by atoms with E-state index >= 15 is 0 Å². The van der Waals surface area contributed by atoms with E-state index in [0.29, 0.717) is 23.0 Å². The second-order valence-corrected chi connectivity index (χ2v) is 8.27. The Balaban J connectivity index is 1.49. The minimum Gasteiger partial charge on any atom is -0.545 e. The van der Waals surface area contributed by atoms with Gasteiger partial charge in [0.05, 0.1) is 15.9 Å². The van der Waals surface area contributed by atoms with Crippen LogP contribution in [-0.2, 0) is 9.59 Å². The molecule has 0 unspecified atom stereocenters. The van der Waals surface area contributed by atoms with Crippen molar-refractivity contribution in [2.75, 3.05) is 11.9 Å². The highest BCUT2D eigenvalue weighted by atomic mass is 35.5. The minimum atomic E-state index is -1.36. The largest absolute Gasteiger partial charge is 0.545 e. The van der Waals surface area contributed by atoms with Gasteiger partial charge in [0.1, 0.15) is 18.1 Å². The molecule has 1 saturated heterocycles. The number of carboxylic acid groups (broad SMARTS) is 1. The van der Waals surface area contributed by atoms with Gasteiger partial charge in [0.2, 0.25) is 5.91 Å². The van der Waals surface area contributed by atoms with Gasteiger partial charge >= 0.3 is 0 Å². The number of benzene rings is 2. The summed E-state index contributed by atoms with van der Waals surface area (Å²) in [6.07, 6.45) is 1.38. The Morgan fingerprint density at radius 3 is 2.58 bits per heavy atom. The van der Waals surface area contributed by atoms with Crippen molar-refractivity contribution >= 4 is 58.1 Å². The monoisotopic (exact) mass is 481 g/mol. The minimum absolute atomic E-state index is 0.0674. The van der Waals surface area contributed by atoms with Gasteiger partial charge in [0, 0.05) is 17.3 Å². The molecule has 1 N–H and O–H groups in total. The number of imide groups is 1. The molecule has 1 aliphatic heterocycles. The Labute approximate surface area is 196 Å². The fraction of sp³-hybridized carbons (Fsp3) is 0.0435. The summed E-state index contributed by atoms with van der Waals surface area (Å²) in [4.78, 5) is 49.2. The molecule has 0 saturated carbocycles. The van der Waals surface area contributed by atoms with Crippen LogP contribution in [0, 0.1) is 0 Å². The summed E-state index contributed by atoms with van der Waals surface area (Å²) in [5.41, 5.74) is 0.820. The van der Waals surface area contributed by atoms with Crippen LogP contribution in [0.1, 0.15) is 16.1 Å². The van der Waals surface area contributed by atoms with E-state index < -0.39 is 29.6 Å². The van der Waals surface area contributed by atoms with Crippen molar-refractivity contribution in [3.63, 3.8) is 0 Å². The molecule has 1 fully saturated rings. The summed E-state index contributed by atoms with van der Waals surface area (Å²) in [6, 6.07) is 15.8. The van der Waals surface area contributed by atoms with E-state index in [4.69, 9.17) is 16.0 Å². The number of aromatic carboxylic acids is 1. The topological polar surface area (TPSA) is 120 Å². The summed E-state index contributed by atoms with van der Waals surface area (Å²) in [5.74, 6) is -1.96. The van der Waals surface area contributed by atoms with Crippen molar-refractivity contribution < 1.29 is 28.7 Å². The van der Waals surface area contributed by atoms with Crippen LogP contribution < -0.4 is 10.4 Å². The average Bonchev–Trinajstić information content (AvgIpc) is 3.35. The van der Waals surface area contributed by atoms with E-state index in [1.54, 1.807) is 42.5 Å². The van der Waals surface area contributed by atoms with Crippen LogP contribution in [-0.4, -0.2) is 34.5 Å². The molecule has 0 bridgehead atoms. The maximum atomic E-state index is 12.7. The normalized spacial score (nSPS) is 14.7. The smallest absolute Gasteiger partial charge is 0.294 e. The van der Waals surface area contributed by atoms with Crippen molar-refractivity contribution in [2.45, 2.75) is 0 Å². The molecule has 8 nitrogen and oxygen atoms in total. The zero-order valence-corrected chi connectivity index (χ0v) is 18.3. The first kappa shape index (κ1) is 22.4. The number of para-hydroxylation sites is 1. The highest BCUT2D eigenvalue weighted by Gasteiger charge is 2.36. The number of nitrogens with one attached hydrogen (secondary N) is 1. The maximum Gasteiger partial charge on any atom is 0.294 e. The number of amides is 3. The molecule has 1 aromatic heterocycles. The standard InChI is InChI=1S/C23H15ClN2O6S/c24-17-8-6-13(22(29)30)10-16(17)18-9-7-15(32-18)11-19-21(28)26(23(31)33-19)12-20(27)25-14-4-2-1-3-5-14/h1-11H,12H2,(H,25,27)(H,29,30)/p-1/b19-11+. The van der Waals surface area contributed by atoms with E-state index in [-0.39, 0.29) is 27.0 Å². The zero-order valence-electron chi connectivity index (χ0n) is 16.7. The quantitative estimate of drug-likeness (QED) is 0.533. The van der Waals surface area contributed by atoms with E-state index in [0.717, 1.165) is 4.90 Å². The van der Waals surface area contributed by atoms with E-state index in [2.05, 4.69) is 5.32 Å². The molecule has 2 aromatic carbocycles. The second-order valence-electron chi connectivity index (χ2n) is 6.87. The van der Waals surface area contributed by atoms with Crippen LogP contribution in [0.4, 0.5) is 10.5 Å². The molecule has 10 heteroatoms. The van der Waals surface area contributed by atoms with Gasteiger partial charge in [-0.05, 0) is 53.7 Å². The number of hydrogen-bond donors (Lipinski definition) is 1. The number of halogens is 1. The number of carbonyl (C=O) groups excluding carboxylic acids is 4. The van der Waals surface area contributed by atoms with Crippen molar-refractivity contribution in [3.05, 3.63) is 81.9 Å². The molecule has 0 spiro atoms. The summed E-state index contributed by atoms with van der Waals surface area (Å²) in [7, 11) is 0. The number of carbonyl (C=O) groups is 4. The Bertz CT molecular complexity index is 1300. The summed E-state index contributed by atoms with van der Waals surface area (Å²) in [6.45, 7) is -0.425. The fourth-order valence-electron chi connectivity index (χ4n) is 3.05. The van der Waals surface area contributed by atoms with E-state index in [1.807, 2.05) is 0 Å². The molecule has 3 amide bonds. The van der Waals surface area contributed by atoms with Crippen LogP contribution in [0.5, 0.6) is 0 Å². The average molecular weight is 482 g/mol. The van der Waals surface area contributed by atoms with E-state index in [1.165, 1.54) is 24.3 Å². The zero-order chi connectivity index (χ0) is 23.5. The van der Waals surface area contributed by atoms with Crippen molar-refractivity contribution in [1.82, 2.24) is 4.90 Å². The molecule has 0 radical (unpaired) electrons. The molecular formula is C23H14ClN2O6S-. The molecule has 1 aliphatic rings. The summed E-state index contributed by atoms with van der Waals surface area (Å²) in [5, 5.41) is 13.4. The van der Waals surface area contributed by atoms with Crippen LogP contribution in [0.25, 0.3) is 17.4 Å². The van der Waals surface area contributed by atoms with Gasteiger partial charge in [-0.1, -0.05) is 35.9 Å². The third kappa shape index (κ3) is 5.00. The number of carboxylic acids is 1. The molecular weight excluding hydrogens is 468 g/mol. The molecule has 3 aromatic rings. The Hall–Kier alpha value is -3.82. The second kappa shape index (κ2) is 9.35. The highest BCUT2D eigenvalue weighted by Crippen LogP contribution is 2.35. The summed E-state index contributed by atoms with van der Waals surface area (Å²) >= 11 is 6.83. The lowest BCUT2D eigenvalue weighted by molar-refractivity contribution is -0.255. The fourth-order valence-corrected chi connectivity index (χ4v) is 4.08. The third-order valence-corrected chi connectivity index (χ3v) is 5.84.